The summed E-state index contributed by atoms with van der Waals surface area (Å²) in [6.07, 6.45) is 1.49. The summed E-state index contributed by atoms with van der Waals surface area (Å²) in [5, 5.41) is 3.93. The van der Waals surface area contributed by atoms with E-state index in [4.69, 9.17) is 4.74 Å². The van der Waals surface area contributed by atoms with Crippen molar-refractivity contribution in [1.29, 1.82) is 0 Å². The molecular formula is C26H29N3O4S. The second-order valence-electron chi connectivity index (χ2n) is 8.13. The molecule has 0 bridgehead atoms. The van der Waals surface area contributed by atoms with E-state index in [2.05, 4.69) is 10.5 Å². The number of aryl methyl sites for hydroxylation is 3. The van der Waals surface area contributed by atoms with Crippen molar-refractivity contribution in [1.82, 2.24) is 9.73 Å². The lowest BCUT2D eigenvalue weighted by atomic mass is 10.1. The van der Waals surface area contributed by atoms with E-state index in [1.54, 1.807) is 13.8 Å². The molecule has 0 unspecified atom stereocenters. The summed E-state index contributed by atoms with van der Waals surface area (Å²) >= 11 is 0. The summed E-state index contributed by atoms with van der Waals surface area (Å²) < 4.78 is 32.8. The Morgan fingerprint density at radius 3 is 2.24 bits per heavy atom. The summed E-state index contributed by atoms with van der Waals surface area (Å²) in [5.74, 6) is 0.186. The Bertz CT molecular complexity index is 1250. The minimum atomic E-state index is -3.81. The molecule has 178 valence electrons. The number of nitrogens with one attached hydrogen (secondary N) is 1. The van der Waals surface area contributed by atoms with E-state index in [9.17, 15) is 13.2 Å². The lowest BCUT2D eigenvalue weighted by molar-refractivity contribution is -0.121. The van der Waals surface area contributed by atoms with Gasteiger partial charge in [0.15, 0.2) is 0 Å². The molecule has 0 atom stereocenters. The first-order valence-corrected chi connectivity index (χ1v) is 12.2. The highest BCUT2D eigenvalue weighted by atomic mass is 32.2. The van der Waals surface area contributed by atoms with Crippen molar-refractivity contribution in [2.24, 2.45) is 5.10 Å². The van der Waals surface area contributed by atoms with Gasteiger partial charge < -0.3 is 4.74 Å². The number of likely N-dealkylation sites (N-methyl/N-ethyl adjacent to an activating group) is 1. The average Bonchev–Trinajstić information content (AvgIpc) is 2.78. The second kappa shape index (κ2) is 11.1. The first kappa shape index (κ1) is 25.1. The third kappa shape index (κ3) is 6.52. The van der Waals surface area contributed by atoms with Crippen LogP contribution in [-0.4, -0.2) is 38.4 Å². The Morgan fingerprint density at radius 1 is 1.00 bits per heavy atom. The molecule has 0 radical (unpaired) electrons. The first-order valence-electron chi connectivity index (χ1n) is 10.8. The van der Waals surface area contributed by atoms with Crippen molar-refractivity contribution in [2.45, 2.75) is 32.3 Å². The van der Waals surface area contributed by atoms with Crippen LogP contribution in [0.5, 0.6) is 5.75 Å². The van der Waals surface area contributed by atoms with E-state index < -0.39 is 15.9 Å². The summed E-state index contributed by atoms with van der Waals surface area (Å²) in [6.45, 7) is 5.55. The monoisotopic (exact) mass is 479 g/mol. The molecule has 0 saturated carbocycles. The van der Waals surface area contributed by atoms with Gasteiger partial charge in [-0.25, -0.2) is 13.8 Å². The number of amides is 1. The summed E-state index contributed by atoms with van der Waals surface area (Å²) in [4.78, 5) is 12.5. The highest BCUT2D eigenvalue weighted by molar-refractivity contribution is 7.89. The van der Waals surface area contributed by atoms with Gasteiger partial charge in [0.1, 0.15) is 12.4 Å². The molecule has 0 saturated heterocycles. The van der Waals surface area contributed by atoms with Crippen LogP contribution in [0.3, 0.4) is 0 Å². The largest absolute Gasteiger partial charge is 0.489 e. The van der Waals surface area contributed by atoms with Crippen LogP contribution in [0.4, 0.5) is 0 Å². The number of sulfonamides is 1. The predicted molar refractivity (Wildman–Crippen MR) is 133 cm³/mol. The van der Waals surface area contributed by atoms with Crippen molar-refractivity contribution in [2.75, 3.05) is 13.6 Å². The van der Waals surface area contributed by atoms with E-state index in [-0.39, 0.29) is 11.4 Å². The number of hydrogen-bond acceptors (Lipinski definition) is 5. The minimum Gasteiger partial charge on any atom is -0.489 e. The van der Waals surface area contributed by atoms with Gasteiger partial charge in [-0.1, -0.05) is 48.0 Å². The zero-order valence-electron chi connectivity index (χ0n) is 19.8. The van der Waals surface area contributed by atoms with Gasteiger partial charge in [0.2, 0.25) is 10.0 Å². The molecule has 0 heterocycles. The van der Waals surface area contributed by atoms with Crippen LogP contribution in [0.25, 0.3) is 0 Å². The van der Waals surface area contributed by atoms with Crippen molar-refractivity contribution >= 4 is 22.1 Å². The number of hydrazone groups is 1. The molecule has 0 aliphatic heterocycles. The molecule has 0 aromatic heterocycles. The van der Waals surface area contributed by atoms with E-state index in [1.165, 1.54) is 13.3 Å². The Labute approximate surface area is 201 Å². The van der Waals surface area contributed by atoms with Crippen molar-refractivity contribution in [3.8, 4) is 5.75 Å². The summed E-state index contributed by atoms with van der Waals surface area (Å²) in [6, 6.07) is 20.8. The normalized spacial score (nSPS) is 11.7. The third-order valence-corrected chi connectivity index (χ3v) is 7.28. The Hall–Kier alpha value is -3.49. The van der Waals surface area contributed by atoms with Crippen molar-refractivity contribution in [3.63, 3.8) is 0 Å². The molecule has 3 aromatic rings. The van der Waals surface area contributed by atoms with Gasteiger partial charge in [-0.3, -0.25) is 4.79 Å². The predicted octanol–water partition coefficient (Wildman–Crippen LogP) is 3.96. The van der Waals surface area contributed by atoms with Gasteiger partial charge in [0, 0.05) is 7.05 Å². The van der Waals surface area contributed by atoms with E-state index >= 15 is 0 Å². The molecule has 0 spiro atoms. The zero-order chi connectivity index (χ0) is 24.7. The SMILES string of the molecule is Cc1cc(C)c(S(=O)(=O)N(C)CC(=O)N/N=C\c2ccc(OCc3ccccc3)cc2)c(C)c1. The molecule has 0 fully saturated rings. The van der Waals surface area contributed by atoms with Gasteiger partial charge in [0.25, 0.3) is 5.91 Å². The number of benzene rings is 3. The highest BCUT2D eigenvalue weighted by Crippen LogP contribution is 2.24. The van der Waals surface area contributed by atoms with Crippen LogP contribution in [-0.2, 0) is 21.4 Å². The van der Waals surface area contributed by atoms with Gasteiger partial charge >= 0.3 is 0 Å². The third-order valence-electron chi connectivity index (χ3n) is 5.17. The van der Waals surface area contributed by atoms with Gasteiger partial charge in [-0.2, -0.15) is 9.41 Å². The topological polar surface area (TPSA) is 88.1 Å². The molecule has 34 heavy (non-hydrogen) atoms. The highest BCUT2D eigenvalue weighted by Gasteiger charge is 2.26. The second-order valence-corrected chi connectivity index (χ2v) is 10.1. The Morgan fingerprint density at radius 2 is 1.62 bits per heavy atom. The molecule has 3 rings (SSSR count). The number of carbonyl (C=O) groups is 1. The van der Waals surface area contributed by atoms with Gasteiger partial charge in [-0.05, 0) is 67.3 Å². The molecule has 3 aromatic carbocycles. The fourth-order valence-corrected chi connectivity index (χ4v) is 5.15. The maximum absolute atomic E-state index is 13.0. The maximum Gasteiger partial charge on any atom is 0.255 e. The fraction of sp³-hybridized carbons (Fsp3) is 0.231. The maximum atomic E-state index is 13.0. The number of ether oxygens (including phenoxy) is 1. The zero-order valence-corrected chi connectivity index (χ0v) is 20.6. The van der Waals surface area contributed by atoms with Crippen LogP contribution in [0, 0.1) is 20.8 Å². The summed E-state index contributed by atoms with van der Waals surface area (Å²) in [5.41, 5.74) is 6.51. The van der Waals surface area contributed by atoms with Crippen LogP contribution in [0.2, 0.25) is 0 Å². The molecule has 1 amide bonds. The Kier molecular flexibility index (Phi) is 8.20. The van der Waals surface area contributed by atoms with Gasteiger partial charge in [0.05, 0.1) is 17.7 Å². The van der Waals surface area contributed by atoms with Crippen LogP contribution >= 0.6 is 0 Å². The summed E-state index contributed by atoms with van der Waals surface area (Å²) in [7, 11) is -2.43. The fourth-order valence-electron chi connectivity index (χ4n) is 3.62. The molecule has 8 heteroatoms. The number of rotatable bonds is 9. The number of hydrogen-bond donors (Lipinski definition) is 1. The number of carbonyl (C=O) groups excluding carboxylic acids is 1. The molecule has 0 aliphatic rings. The van der Waals surface area contributed by atoms with Crippen LogP contribution in [0.1, 0.15) is 27.8 Å². The van der Waals surface area contributed by atoms with Crippen LogP contribution in [0.15, 0.2) is 76.7 Å². The lowest BCUT2D eigenvalue weighted by Crippen LogP contribution is -2.37. The molecule has 1 N–H and O–H groups in total. The smallest absolute Gasteiger partial charge is 0.255 e. The van der Waals surface area contributed by atoms with Crippen molar-refractivity contribution in [3.05, 3.63) is 94.5 Å². The van der Waals surface area contributed by atoms with E-state index in [0.717, 1.165) is 26.7 Å². The van der Waals surface area contributed by atoms with Crippen LogP contribution < -0.4 is 10.2 Å². The van der Waals surface area contributed by atoms with Gasteiger partial charge in [-0.15, -0.1) is 0 Å². The lowest BCUT2D eigenvalue weighted by Gasteiger charge is -2.19. The molecule has 0 aliphatic carbocycles. The molecular weight excluding hydrogens is 450 g/mol. The average molecular weight is 480 g/mol. The quantitative estimate of drug-likeness (QED) is 0.372. The number of nitrogens with zero attached hydrogens (tertiary/aromatic N) is 2. The molecule has 7 nitrogen and oxygen atoms in total. The standard InChI is InChI=1S/C26H29N3O4S/c1-19-14-20(2)26(21(3)15-19)34(31,32)29(4)17-25(30)28-27-16-22-10-12-24(13-11-22)33-18-23-8-6-5-7-9-23/h5-16H,17-18H2,1-4H3,(H,28,30)/b27-16-. The van der Waals surface area contributed by atoms with E-state index in [0.29, 0.717) is 17.7 Å². The minimum absolute atomic E-state index is 0.228. The van der Waals surface area contributed by atoms with E-state index in [1.807, 2.05) is 73.7 Å². The Balaban J connectivity index is 1.53. The van der Waals surface area contributed by atoms with Crippen molar-refractivity contribution < 1.29 is 17.9 Å². The first-order chi connectivity index (χ1) is 16.2.